The van der Waals surface area contributed by atoms with Gasteiger partial charge in [0.2, 0.25) is 0 Å². The number of nitrogens with zero attached hydrogens (tertiary/aromatic N) is 2. The number of hydrogen-bond acceptors (Lipinski definition) is 4. The van der Waals surface area contributed by atoms with E-state index in [1.54, 1.807) is 22.4 Å². The number of nitrogens with one attached hydrogen (secondary N) is 1. The second kappa shape index (κ2) is 5.72. The van der Waals surface area contributed by atoms with Crippen LogP contribution < -0.4 is 0 Å². The molecule has 1 aliphatic heterocycles. The number of aromatic nitrogens is 2. The van der Waals surface area contributed by atoms with Crippen LogP contribution in [0.5, 0.6) is 0 Å². The standard InChI is InChI=1S/C18H19N3O2S/c1-12-2-3-16(19-11-12)18(23)5-7-21(8-6-18)17(22)14-10-15-13(20-14)4-9-24-15/h2-4,9-11,20,23H,5-8H2,1H3. The van der Waals surface area contributed by atoms with Crippen LogP contribution >= 0.6 is 11.3 Å². The predicted octanol–water partition coefficient (Wildman–Crippen LogP) is 3.06. The van der Waals surface area contributed by atoms with E-state index in [9.17, 15) is 9.90 Å². The Morgan fingerprint density at radius 2 is 2.12 bits per heavy atom. The van der Waals surface area contributed by atoms with Crippen molar-refractivity contribution in [1.29, 1.82) is 0 Å². The number of fused-ring (bicyclic) bond motifs is 1. The first kappa shape index (κ1) is 15.4. The Labute approximate surface area is 144 Å². The SMILES string of the molecule is Cc1ccc(C2(O)CCN(C(=O)c3cc4sccc4[nH]3)CC2)nc1. The summed E-state index contributed by atoms with van der Waals surface area (Å²) >= 11 is 1.62. The monoisotopic (exact) mass is 341 g/mol. The quantitative estimate of drug-likeness (QED) is 0.753. The molecule has 0 atom stereocenters. The number of aryl methyl sites for hydroxylation is 1. The highest BCUT2D eigenvalue weighted by Crippen LogP contribution is 2.32. The molecule has 0 radical (unpaired) electrons. The topological polar surface area (TPSA) is 69.2 Å². The van der Waals surface area contributed by atoms with Crippen LogP contribution in [0.15, 0.2) is 35.8 Å². The molecular weight excluding hydrogens is 322 g/mol. The Morgan fingerprint density at radius 3 is 2.79 bits per heavy atom. The molecule has 0 aromatic carbocycles. The Hall–Kier alpha value is -2.18. The molecule has 1 fully saturated rings. The third-order valence-electron chi connectivity index (χ3n) is 4.74. The van der Waals surface area contributed by atoms with E-state index in [-0.39, 0.29) is 5.91 Å². The van der Waals surface area contributed by atoms with Gasteiger partial charge in [-0.3, -0.25) is 9.78 Å². The molecule has 4 rings (SSSR count). The van der Waals surface area contributed by atoms with Gasteiger partial charge in [-0.25, -0.2) is 0 Å². The summed E-state index contributed by atoms with van der Waals surface area (Å²) in [4.78, 5) is 22.0. The fraction of sp³-hybridized carbons (Fsp3) is 0.333. The molecule has 124 valence electrons. The molecule has 3 aromatic rings. The molecule has 1 saturated heterocycles. The zero-order chi connectivity index (χ0) is 16.7. The van der Waals surface area contributed by atoms with Gasteiger partial charge in [-0.2, -0.15) is 0 Å². The third-order valence-corrected chi connectivity index (χ3v) is 5.60. The second-order valence-electron chi connectivity index (χ2n) is 6.43. The van der Waals surface area contributed by atoms with Crippen LogP contribution in [-0.2, 0) is 5.60 Å². The molecule has 1 aliphatic rings. The molecule has 0 bridgehead atoms. The molecule has 3 aromatic heterocycles. The van der Waals surface area contributed by atoms with E-state index in [1.165, 1.54) is 0 Å². The van der Waals surface area contributed by atoms with E-state index >= 15 is 0 Å². The Morgan fingerprint density at radius 1 is 1.33 bits per heavy atom. The number of pyridine rings is 1. The molecule has 0 unspecified atom stereocenters. The number of aromatic amines is 1. The van der Waals surface area contributed by atoms with Crippen molar-refractivity contribution in [3.05, 3.63) is 52.8 Å². The zero-order valence-electron chi connectivity index (χ0n) is 13.5. The lowest BCUT2D eigenvalue weighted by atomic mass is 9.87. The maximum Gasteiger partial charge on any atom is 0.270 e. The maximum absolute atomic E-state index is 12.7. The van der Waals surface area contributed by atoms with Crippen molar-refractivity contribution < 1.29 is 9.90 Å². The van der Waals surface area contributed by atoms with Crippen LogP contribution in [-0.4, -0.2) is 39.0 Å². The number of thiophene rings is 1. The Bertz CT molecular complexity index is 845. The summed E-state index contributed by atoms with van der Waals surface area (Å²) < 4.78 is 1.09. The first-order valence-electron chi connectivity index (χ1n) is 8.06. The summed E-state index contributed by atoms with van der Waals surface area (Å²) in [5.74, 6) is -0.00249. The highest BCUT2D eigenvalue weighted by atomic mass is 32.1. The van der Waals surface area contributed by atoms with E-state index in [0.717, 1.165) is 15.8 Å². The van der Waals surface area contributed by atoms with E-state index in [2.05, 4.69) is 9.97 Å². The largest absolute Gasteiger partial charge is 0.383 e. The molecule has 5 nitrogen and oxygen atoms in total. The van der Waals surface area contributed by atoms with Crippen molar-refractivity contribution in [1.82, 2.24) is 14.9 Å². The number of likely N-dealkylation sites (tertiary alicyclic amines) is 1. The molecule has 0 saturated carbocycles. The lowest BCUT2D eigenvalue weighted by Crippen LogP contribution is -2.45. The fourth-order valence-corrected chi connectivity index (χ4v) is 4.00. The predicted molar refractivity (Wildman–Crippen MR) is 94.2 cm³/mol. The van der Waals surface area contributed by atoms with Gasteiger partial charge >= 0.3 is 0 Å². The van der Waals surface area contributed by atoms with E-state index in [1.807, 2.05) is 36.6 Å². The number of piperidine rings is 1. The Kier molecular flexibility index (Phi) is 3.66. The lowest BCUT2D eigenvalue weighted by Gasteiger charge is -2.37. The molecule has 0 aliphatic carbocycles. The third kappa shape index (κ3) is 2.61. The van der Waals surface area contributed by atoms with Crippen molar-refractivity contribution in [3.8, 4) is 0 Å². The van der Waals surface area contributed by atoms with Crippen LogP contribution in [0.4, 0.5) is 0 Å². The lowest BCUT2D eigenvalue weighted by molar-refractivity contribution is -0.0245. The van der Waals surface area contributed by atoms with Crippen molar-refractivity contribution in [2.75, 3.05) is 13.1 Å². The number of aliphatic hydroxyl groups is 1. The molecule has 2 N–H and O–H groups in total. The van der Waals surface area contributed by atoms with Gasteiger partial charge < -0.3 is 15.0 Å². The number of carbonyl (C=O) groups excluding carboxylic acids is 1. The Balaban J connectivity index is 1.48. The van der Waals surface area contributed by atoms with Crippen molar-refractivity contribution in [3.63, 3.8) is 0 Å². The second-order valence-corrected chi connectivity index (χ2v) is 7.37. The van der Waals surface area contributed by atoms with Crippen LogP contribution in [0.2, 0.25) is 0 Å². The molecular formula is C18H19N3O2S. The highest BCUT2D eigenvalue weighted by Gasteiger charge is 2.37. The highest BCUT2D eigenvalue weighted by molar-refractivity contribution is 7.17. The first-order chi connectivity index (χ1) is 11.5. The summed E-state index contributed by atoms with van der Waals surface area (Å²) in [6.07, 6.45) is 2.78. The van der Waals surface area contributed by atoms with Gasteiger partial charge in [0.25, 0.3) is 5.91 Å². The van der Waals surface area contributed by atoms with Gasteiger partial charge in [-0.05, 0) is 48.9 Å². The van der Waals surface area contributed by atoms with Crippen LogP contribution in [0, 0.1) is 6.92 Å². The summed E-state index contributed by atoms with van der Waals surface area (Å²) in [5, 5.41) is 12.9. The summed E-state index contributed by atoms with van der Waals surface area (Å²) in [5.41, 5.74) is 2.44. The minimum atomic E-state index is -0.944. The molecule has 1 amide bonds. The number of amides is 1. The normalized spacial score (nSPS) is 17.3. The summed E-state index contributed by atoms with van der Waals surface area (Å²) in [6, 6.07) is 7.73. The van der Waals surface area contributed by atoms with Gasteiger partial charge in [-0.15, -0.1) is 11.3 Å². The van der Waals surface area contributed by atoms with Crippen LogP contribution in [0.1, 0.15) is 34.6 Å². The minimum Gasteiger partial charge on any atom is -0.383 e. The van der Waals surface area contributed by atoms with Crippen molar-refractivity contribution in [2.24, 2.45) is 0 Å². The van der Waals surface area contributed by atoms with Crippen molar-refractivity contribution in [2.45, 2.75) is 25.4 Å². The van der Waals surface area contributed by atoms with E-state index in [0.29, 0.717) is 37.3 Å². The summed E-state index contributed by atoms with van der Waals surface area (Å²) in [7, 11) is 0. The first-order valence-corrected chi connectivity index (χ1v) is 8.94. The van der Waals surface area contributed by atoms with Crippen molar-refractivity contribution >= 4 is 27.5 Å². The molecule has 0 spiro atoms. The molecule has 24 heavy (non-hydrogen) atoms. The van der Waals surface area contributed by atoms with Gasteiger partial charge in [0.1, 0.15) is 11.3 Å². The smallest absolute Gasteiger partial charge is 0.270 e. The average Bonchev–Trinajstić information content (AvgIpc) is 3.17. The van der Waals surface area contributed by atoms with Gasteiger partial charge in [0, 0.05) is 19.3 Å². The van der Waals surface area contributed by atoms with Crippen LogP contribution in [0.3, 0.4) is 0 Å². The average molecular weight is 341 g/mol. The number of H-pyrrole nitrogens is 1. The van der Waals surface area contributed by atoms with E-state index < -0.39 is 5.60 Å². The minimum absolute atomic E-state index is 0.00249. The van der Waals surface area contributed by atoms with Gasteiger partial charge in [0.15, 0.2) is 0 Å². The van der Waals surface area contributed by atoms with Gasteiger partial charge in [-0.1, -0.05) is 6.07 Å². The zero-order valence-corrected chi connectivity index (χ0v) is 14.3. The maximum atomic E-state index is 12.7. The number of hydrogen-bond donors (Lipinski definition) is 2. The molecule has 4 heterocycles. The fourth-order valence-electron chi connectivity index (χ4n) is 3.21. The van der Waals surface area contributed by atoms with Gasteiger partial charge in [0.05, 0.1) is 15.9 Å². The van der Waals surface area contributed by atoms with Crippen LogP contribution in [0.25, 0.3) is 10.2 Å². The number of rotatable bonds is 2. The number of carbonyl (C=O) groups is 1. The summed E-state index contributed by atoms with van der Waals surface area (Å²) in [6.45, 7) is 3.03. The van der Waals surface area contributed by atoms with E-state index in [4.69, 9.17) is 0 Å². The molecule has 6 heteroatoms.